The predicted octanol–water partition coefficient (Wildman–Crippen LogP) is -1.43. The second kappa shape index (κ2) is 15.0. The van der Waals surface area contributed by atoms with Crippen molar-refractivity contribution in [3.8, 4) is 34.3 Å². The molecule has 49 heavy (non-hydrogen) atoms. The van der Waals surface area contributed by atoms with Crippen molar-refractivity contribution < 1.29 is 88.8 Å². The fourth-order valence-corrected chi connectivity index (χ4v) is 5.19. The van der Waals surface area contributed by atoms with Crippen molar-refractivity contribution >= 4 is 22.9 Å². The summed E-state index contributed by atoms with van der Waals surface area (Å²) in [5, 5.41) is 101. The molecule has 0 radical (unpaired) electrons. The summed E-state index contributed by atoms with van der Waals surface area (Å²) in [7, 11) is 0. The van der Waals surface area contributed by atoms with Crippen LogP contribution in [0.3, 0.4) is 0 Å². The van der Waals surface area contributed by atoms with Gasteiger partial charge in [-0.25, -0.2) is 4.42 Å². The molecule has 5 rings (SSSR count). The van der Waals surface area contributed by atoms with Crippen LogP contribution in [-0.4, -0.2) is 138 Å². The molecular weight excluding hydrogens is 660 g/mol. The number of carbonyl (C=O) groups is 2. The zero-order valence-electron chi connectivity index (χ0n) is 25.4. The largest absolute Gasteiger partial charge is 0.508 e. The van der Waals surface area contributed by atoms with Crippen molar-refractivity contribution in [2.24, 2.45) is 0 Å². The number of esters is 1. The normalized spacial score (nSPS) is 30.1. The van der Waals surface area contributed by atoms with E-state index in [1.165, 1.54) is 36.4 Å². The average molecular weight is 696 g/mol. The van der Waals surface area contributed by atoms with Gasteiger partial charge in [0.25, 0.3) is 0 Å². The second-order valence-corrected chi connectivity index (χ2v) is 11.4. The van der Waals surface area contributed by atoms with E-state index in [4.69, 9.17) is 33.2 Å². The zero-order valence-corrected chi connectivity index (χ0v) is 25.4. The Morgan fingerprint density at radius 2 is 1.31 bits per heavy atom. The summed E-state index contributed by atoms with van der Waals surface area (Å²) >= 11 is 0. The third kappa shape index (κ3) is 7.93. The van der Waals surface area contributed by atoms with Crippen LogP contribution in [0, 0.1) is 0 Å². The SMILES string of the molecule is O=C(O)CCC(=O)OCC1O[C@@H](Oc2cc3c(O[C@@H]4OC(CO)[C@@H](O)[C@H](O)C4O)cc(O)cc3[o+]c2-c2ccc(O)cc2)C(O)C(O)[C@@H]1O. The lowest BCUT2D eigenvalue weighted by Gasteiger charge is -2.39. The van der Waals surface area contributed by atoms with E-state index in [1.807, 2.05) is 0 Å². The Morgan fingerprint density at radius 1 is 0.714 bits per heavy atom. The Labute approximate surface area is 276 Å². The Hall–Kier alpha value is -4.37. The zero-order chi connectivity index (χ0) is 35.6. The number of hydrogen-bond donors (Lipinski definition) is 10. The first kappa shape index (κ1) is 35.9. The second-order valence-electron chi connectivity index (χ2n) is 11.4. The molecule has 18 nitrogen and oxygen atoms in total. The Balaban J connectivity index is 1.50. The molecule has 3 heterocycles. The Kier molecular flexibility index (Phi) is 11.0. The number of aliphatic hydroxyl groups is 7. The maximum absolute atomic E-state index is 12.0. The van der Waals surface area contributed by atoms with Crippen molar-refractivity contribution in [2.45, 2.75) is 74.3 Å². The smallest absolute Gasteiger partial charge is 0.402 e. The maximum Gasteiger partial charge on any atom is 0.402 e. The summed E-state index contributed by atoms with van der Waals surface area (Å²) in [4.78, 5) is 22.7. The van der Waals surface area contributed by atoms with E-state index in [9.17, 15) is 55.5 Å². The van der Waals surface area contributed by atoms with Gasteiger partial charge >= 0.3 is 23.3 Å². The van der Waals surface area contributed by atoms with Crippen molar-refractivity contribution in [3.63, 3.8) is 0 Å². The number of ether oxygens (including phenoxy) is 5. The topological polar surface area (TPSA) is 294 Å². The number of carboxylic acid groups (broad SMARTS) is 1. The highest BCUT2D eigenvalue weighted by Crippen LogP contribution is 2.42. The fourth-order valence-electron chi connectivity index (χ4n) is 5.19. The van der Waals surface area contributed by atoms with E-state index in [1.54, 1.807) is 0 Å². The molecule has 2 fully saturated rings. The number of aliphatic hydroxyl groups excluding tert-OH is 7. The lowest BCUT2D eigenvalue weighted by molar-refractivity contribution is -0.278. The molecule has 1 aromatic heterocycles. The Bertz CT molecular complexity index is 1630. The van der Waals surface area contributed by atoms with Gasteiger partial charge < -0.3 is 74.7 Å². The highest BCUT2D eigenvalue weighted by Gasteiger charge is 2.47. The van der Waals surface area contributed by atoms with Crippen molar-refractivity contribution in [1.29, 1.82) is 0 Å². The quantitative estimate of drug-likeness (QED) is 0.0812. The number of phenolic OH excluding ortho intramolecular Hbond substituents is 2. The van der Waals surface area contributed by atoms with E-state index in [0.717, 1.165) is 6.07 Å². The van der Waals surface area contributed by atoms with Crippen LogP contribution >= 0.6 is 0 Å². The first-order valence-corrected chi connectivity index (χ1v) is 14.9. The molecule has 2 aliphatic heterocycles. The molecule has 0 amide bonds. The number of hydrogen-bond acceptors (Lipinski definition) is 16. The summed E-state index contributed by atoms with van der Waals surface area (Å²) in [6, 6.07) is 9.14. The van der Waals surface area contributed by atoms with Crippen LogP contribution in [0.2, 0.25) is 0 Å². The highest BCUT2D eigenvalue weighted by atomic mass is 16.7. The van der Waals surface area contributed by atoms with E-state index in [0.29, 0.717) is 5.56 Å². The number of benzene rings is 2. The fraction of sp³-hybridized carbons (Fsp3) is 0.452. The number of phenols is 2. The lowest BCUT2D eigenvalue weighted by atomic mass is 9.99. The van der Waals surface area contributed by atoms with Gasteiger partial charge in [0.05, 0.1) is 31.1 Å². The standard InChI is InChI=1S/C31H34O18/c32-10-19-23(38)25(40)27(42)30(48-19)46-17-8-14(34)7-16-15(17)9-18(29(45-16)12-1-3-13(33)4-2-12)47-31-28(43)26(41)24(39)20(49-31)11-44-22(37)6-5-21(35)36/h1-4,7-9,19-20,23-28,30-32,38-43H,5-6,10-11H2,(H2-,33,34,35,36)/p+1/t19?,20?,23-,24-,25+,26?,27?,28?,30-,31-/m1/s1. The van der Waals surface area contributed by atoms with Crippen LogP contribution in [0.4, 0.5) is 0 Å². The summed E-state index contributed by atoms with van der Waals surface area (Å²) in [6.07, 6.45) is -17.9. The molecule has 5 unspecified atom stereocenters. The molecular formula is C31H35O18+. The van der Waals surface area contributed by atoms with Gasteiger partial charge in [0.1, 0.15) is 78.1 Å². The maximum atomic E-state index is 12.0. The third-order valence-electron chi connectivity index (χ3n) is 7.88. The van der Waals surface area contributed by atoms with Crippen LogP contribution in [0.25, 0.3) is 22.3 Å². The van der Waals surface area contributed by atoms with E-state index < -0.39 is 99.4 Å². The molecule has 266 valence electrons. The number of fused-ring (bicyclic) bond motifs is 1. The van der Waals surface area contributed by atoms with Crippen LogP contribution < -0.4 is 9.47 Å². The van der Waals surface area contributed by atoms with Crippen molar-refractivity contribution in [1.82, 2.24) is 0 Å². The Morgan fingerprint density at radius 3 is 1.92 bits per heavy atom. The molecule has 0 spiro atoms. The molecule has 10 atom stereocenters. The minimum Gasteiger partial charge on any atom is -0.508 e. The first-order chi connectivity index (χ1) is 23.3. The van der Waals surface area contributed by atoms with Crippen LogP contribution in [0.15, 0.2) is 46.9 Å². The van der Waals surface area contributed by atoms with Gasteiger partial charge in [-0.15, -0.1) is 0 Å². The van der Waals surface area contributed by atoms with Crippen molar-refractivity contribution in [2.75, 3.05) is 13.2 Å². The first-order valence-electron chi connectivity index (χ1n) is 14.9. The van der Waals surface area contributed by atoms with Gasteiger partial charge in [-0.2, -0.15) is 0 Å². The predicted molar refractivity (Wildman–Crippen MR) is 159 cm³/mol. The molecule has 0 saturated carbocycles. The summed E-state index contributed by atoms with van der Waals surface area (Å²) in [5.41, 5.74) is 0.256. The molecule has 2 saturated heterocycles. The monoisotopic (exact) mass is 695 g/mol. The molecule has 2 aromatic carbocycles. The van der Waals surface area contributed by atoms with E-state index in [2.05, 4.69) is 0 Å². The molecule has 0 aliphatic carbocycles. The number of carboxylic acids is 1. The van der Waals surface area contributed by atoms with E-state index >= 15 is 0 Å². The number of rotatable bonds is 11. The number of aliphatic carboxylic acids is 1. The van der Waals surface area contributed by atoms with Crippen molar-refractivity contribution in [3.05, 3.63) is 42.5 Å². The molecule has 18 heteroatoms. The average Bonchev–Trinajstić information content (AvgIpc) is 3.07. The molecule has 2 aliphatic rings. The summed E-state index contributed by atoms with van der Waals surface area (Å²) in [5.74, 6) is -3.11. The van der Waals surface area contributed by atoms with Gasteiger partial charge in [-0.05, 0) is 24.3 Å². The van der Waals surface area contributed by atoms with Gasteiger partial charge in [0.2, 0.25) is 18.3 Å². The van der Waals surface area contributed by atoms with E-state index in [-0.39, 0.29) is 39.7 Å². The third-order valence-corrected chi connectivity index (χ3v) is 7.88. The number of aromatic hydroxyl groups is 2. The highest BCUT2D eigenvalue weighted by molar-refractivity contribution is 5.88. The van der Waals surface area contributed by atoms with Gasteiger partial charge in [-0.1, -0.05) is 0 Å². The molecule has 0 bridgehead atoms. The number of carbonyl (C=O) groups excluding carboxylic acids is 1. The molecule has 10 N–H and O–H groups in total. The van der Waals surface area contributed by atoms with Crippen LogP contribution in [0.1, 0.15) is 12.8 Å². The van der Waals surface area contributed by atoms with Gasteiger partial charge in [0, 0.05) is 12.1 Å². The minimum atomic E-state index is -1.89. The van der Waals surface area contributed by atoms with Gasteiger partial charge in [0.15, 0.2) is 0 Å². The summed E-state index contributed by atoms with van der Waals surface area (Å²) < 4.78 is 33.9. The van der Waals surface area contributed by atoms with Crippen LogP contribution in [0.5, 0.6) is 23.0 Å². The summed E-state index contributed by atoms with van der Waals surface area (Å²) in [6.45, 7) is -1.38. The minimum absolute atomic E-state index is 0.0401. The van der Waals surface area contributed by atoms with Crippen LogP contribution in [-0.2, 0) is 23.8 Å². The lowest BCUT2D eigenvalue weighted by Crippen LogP contribution is -2.60. The van der Waals surface area contributed by atoms with Gasteiger partial charge in [-0.3, -0.25) is 9.59 Å². The molecule has 3 aromatic rings.